The molecule has 0 fully saturated rings. The number of ether oxygens (including phenoxy) is 13. The van der Waals surface area contributed by atoms with Crippen LogP contribution in [0.2, 0.25) is 0 Å². The highest BCUT2D eigenvalue weighted by molar-refractivity contribution is 6.05. The quantitative estimate of drug-likeness (QED) is 0.0978. The van der Waals surface area contributed by atoms with E-state index in [-0.39, 0.29) is 5.91 Å². The summed E-state index contributed by atoms with van der Waals surface area (Å²) in [7, 11) is 21.4. The molecule has 15 heteroatoms. The van der Waals surface area contributed by atoms with Crippen LogP contribution in [0.5, 0.6) is 74.7 Å². The van der Waals surface area contributed by atoms with Crippen molar-refractivity contribution in [3.63, 3.8) is 0 Å². The summed E-state index contributed by atoms with van der Waals surface area (Å²) < 4.78 is 66.4. The maximum Gasteiger partial charge on any atom is 0.255 e. The van der Waals surface area contributed by atoms with Gasteiger partial charge in [0.15, 0.2) is 34.5 Å². The van der Waals surface area contributed by atoms with Crippen molar-refractivity contribution < 1.29 is 66.4 Å². The van der Waals surface area contributed by atoms with Crippen LogP contribution < -0.4 is 66.9 Å². The molecule has 0 aliphatic rings. The first-order valence-corrected chi connectivity index (χ1v) is 33.1. The molecule has 0 saturated heterocycles. The van der Waals surface area contributed by atoms with Crippen LogP contribution in [0, 0.1) is 76.2 Å². The first-order valence-electron chi connectivity index (χ1n) is 33.1. The molecule has 15 nitrogen and oxygen atoms in total. The summed E-state index contributed by atoms with van der Waals surface area (Å²) in [6, 6.07) is 64.6. The van der Waals surface area contributed by atoms with Gasteiger partial charge in [0.05, 0.1) is 92.4 Å². The smallest absolute Gasteiger partial charge is 0.255 e. The number of methoxy groups -OCH3 is 13. The summed E-state index contributed by atoms with van der Waals surface area (Å²) in [6.07, 6.45) is 1.15. The van der Waals surface area contributed by atoms with Gasteiger partial charge in [0.25, 0.3) is 5.91 Å². The molecule has 0 heterocycles. The van der Waals surface area contributed by atoms with Crippen molar-refractivity contribution in [2.45, 2.75) is 89.5 Å². The number of benzene rings is 10. The average Bonchev–Trinajstić information content (AvgIpc) is 0.844. The summed E-state index contributed by atoms with van der Waals surface area (Å²) in [6.45, 7) is 24.5. The zero-order chi connectivity index (χ0) is 76.1. The second kappa shape index (κ2) is 48.7. The Kier molecular flexibility index (Phi) is 41.7. The highest BCUT2D eigenvalue weighted by Gasteiger charge is 2.12. The van der Waals surface area contributed by atoms with Crippen LogP contribution in [0.1, 0.15) is 84.0 Å². The van der Waals surface area contributed by atoms with Crippen molar-refractivity contribution in [1.82, 2.24) is 0 Å². The lowest BCUT2D eigenvalue weighted by atomic mass is 10.1. The number of rotatable bonds is 16. The molecule has 548 valence electrons. The van der Waals surface area contributed by atoms with Gasteiger partial charge in [-0.05, 0) is 234 Å². The SMILES string of the molecule is CCc1ccccc1C.COc1c(C)cccc1C.COc1cc(C)cc(OC)c1.COc1cc(C)cc(OC)c1OC.COc1ccc(C)cc1OC.COc1ccc(OC)c(C)c1.COc1cccc(C)c1C.COc1cccc(C)c1OC.Cc1ccccc1C(=O)Nc1ccccc1. The summed E-state index contributed by atoms with van der Waals surface area (Å²) in [5.41, 5.74) is 15.8. The molecule has 1 amide bonds. The largest absolute Gasteiger partial charge is 0.497 e. The van der Waals surface area contributed by atoms with Crippen molar-refractivity contribution in [3.8, 4) is 74.7 Å². The number of amides is 1. The number of anilines is 1. The van der Waals surface area contributed by atoms with E-state index in [9.17, 15) is 4.79 Å². The molecule has 1 N–H and O–H groups in total. The molecule has 0 aliphatic carbocycles. The van der Waals surface area contributed by atoms with E-state index in [0.717, 1.165) is 97.4 Å². The number of carbonyl (C=O) groups excluding carboxylic acids is 1. The number of carbonyl (C=O) groups is 1. The Morgan fingerprint density at radius 3 is 1.13 bits per heavy atom. The fourth-order valence-electron chi connectivity index (χ4n) is 9.75. The molecular weight excluding hydrogens is 1280 g/mol. The third-order valence-electron chi connectivity index (χ3n) is 15.5. The van der Waals surface area contributed by atoms with Crippen molar-refractivity contribution in [3.05, 3.63) is 273 Å². The normalized spacial score (nSPS) is 9.50. The van der Waals surface area contributed by atoms with Crippen LogP contribution >= 0.6 is 0 Å². The zero-order valence-corrected chi connectivity index (χ0v) is 65.0. The van der Waals surface area contributed by atoms with E-state index in [4.69, 9.17) is 61.6 Å². The fourth-order valence-corrected chi connectivity index (χ4v) is 9.75. The third kappa shape index (κ3) is 30.3. The number of nitrogens with one attached hydrogen (secondary N) is 1. The van der Waals surface area contributed by atoms with Crippen molar-refractivity contribution in [2.24, 2.45) is 0 Å². The standard InChI is InChI=1S/C14H13NO.C10H14O3.4C9H12O2.2C9H12O.C9H12/c1-11-7-5-6-10-13(11)14(16)15-12-8-3-2-4-9-12;1-7-5-8(11-2)10(13-4)9(6-7)12-3;1-7-4-8(10-2)6-9(5-7)11-3;1-7-6-8(10-2)4-5-9(7)11-3;1-7-4-5-8(10-2)9(6-7)11-3;1-7-5-4-6-8(10-2)9(7)11-3;1-7-5-4-6-9(10-3)8(7)2;1-7-5-4-6-8(2)9(7)10-3;1-3-9-7-5-4-6-8(9)2/h2-10H,1H3,(H,15,16);5-6H,1-4H3;4*4-6H,1-3H3;2*4-6H,1-3H3;4-7H,3H2,1-2H3. The molecule has 0 bridgehead atoms. The predicted molar refractivity (Wildman–Crippen MR) is 419 cm³/mol. The summed E-state index contributed by atoms with van der Waals surface area (Å²) in [4.78, 5) is 11.9. The van der Waals surface area contributed by atoms with Crippen molar-refractivity contribution in [2.75, 3.05) is 97.7 Å². The maximum absolute atomic E-state index is 11.9. The van der Waals surface area contributed by atoms with E-state index in [2.05, 4.69) is 63.3 Å². The minimum absolute atomic E-state index is 0.0655. The van der Waals surface area contributed by atoms with Gasteiger partial charge in [0.2, 0.25) is 5.75 Å². The van der Waals surface area contributed by atoms with Crippen LogP contribution in [-0.4, -0.2) is 98.3 Å². The van der Waals surface area contributed by atoms with Gasteiger partial charge in [0.1, 0.15) is 34.5 Å². The van der Waals surface area contributed by atoms with Crippen molar-refractivity contribution in [1.29, 1.82) is 0 Å². The monoisotopic (exact) mass is 1390 g/mol. The number of hydrogen-bond acceptors (Lipinski definition) is 14. The lowest BCUT2D eigenvalue weighted by Crippen LogP contribution is -2.12. The zero-order valence-electron chi connectivity index (χ0n) is 65.0. The molecule has 0 unspecified atom stereocenters. The number of aryl methyl sites for hydroxylation is 11. The Balaban J connectivity index is 0.000000392. The Bertz CT molecular complexity index is 3970. The van der Waals surface area contributed by atoms with Gasteiger partial charge in [-0.25, -0.2) is 0 Å². The van der Waals surface area contributed by atoms with Crippen LogP contribution in [0.25, 0.3) is 0 Å². The maximum atomic E-state index is 11.9. The molecule has 0 aliphatic heterocycles. The highest BCUT2D eigenvalue weighted by atomic mass is 16.5. The molecule has 102 heavy (non-hydrogen) atoms. The van der Waals surface area contributed by atoms with Gasteiger partial charge < -0.3 is 66.9 Å². The fraction of sp³-hybridized carbons (Fsp3) is 0.299. The number of para-hydroxylation sites is 3. The van der Waals surface area contributed by atoms with Crippen LogP contribution in [0.15, 0.2) is 200 Å². The second-order valence-corrected chi connectivity index (χ2v) is 22.8. The Labute approximate surface area is 609 Å². The lowest BCUT2D eigenvalue weighted by molar-refractivity contribution is 0.102. The molecular formula is C87H111NO14. The molecule has 0 spiro atoms. The van der Waals surface area contributed by atoms with Crippen LogP contribution in [-0.2, 0) is 6.42 Å². The molecule has 0 aromatic heterocycles. The first-order chi connectivity index (χ1) is 48.9. The van der Waals surface area contributed by atoms with E-state index >= 15 is 0 Å². The minimum Gasteiger partial charge on any atom is -0.497 e. The molecule has 10 aromatic rings. The second-order valence-electron chi connectivity index (χ2n) is 22.8. The van der Waals surface area contributed by atoms with Gasteiger partial charge in [-0.15, -0.1) is 0 Å². The van der Waals surface area contributed by atoms with Crippen molar-refractivity contribution >= 4 is 11.6 Å². The molecule has 0 radical (unpaired) electrons. The molecule has 10 rings (SSSR count). The third-order valence-corrected chi connectivity index (χ3v) is 15.5. The van der Waals surface area contributed by atoms with Gasteiger partial charge in [-0.3, -0.25) is 4.79 Å². The van der Waals surface area contributed by atoms with Gasteiger partial charge in [-0.2, -0.15) is 0 Å². The Hall–Kier alpha value is -10.9. The first kappa shape index (κ1) is 87.2. The van der Waals surface area contributed by atoms with E-state index in [1.807, 2.05) is 225 Å². The topological polar surface area (TPSA) is 149 Å². The van der Waals surface area contributed by atoms with Crippen LogP contribution in [0.3, 0.4) is 0 Å². The average molecular weight is 1390 g/mol. The van der Waals surface area contributed by atoms with E-state index in [0.29, 0.717) is 22.8 Å². The van der Waals surface area contributed by atoms with E-state index < -0.39 is 0 Å². The summed E-state index contributed by atoms with van der Waals surface area (Å²) in [5, 5.41) is 2.86. The summed E-state index contributed by atoms with van der Waals surface area (Å²) >= 11 is 0. The number of hydrogen-bond donors (Lipinski definition) is 1. The van der Waals surface area contributed by atoms with Gasteiger partial charge >= 0.3 is 0 Å². The lowest BCUT2D eigenvalue weighted by Gasteiger charge is -2.12. The van der Waals surface area contributed by atoms with E-state index in [1.54, 1.807) is 92.4 Å². The van der Waals surface area contributed by atoms with E-state index in [1.165, 1.54) is 38.9 Å². The molecule has 10 aromatic carbocycles. The minimum atomic E-state index is -0.0655. The molecule has 0 saturated carbocycles. The summed E-state index contributed by atoms with van der Waals surface area (Å²) in [5.74, 6) is 10.5. The Morgan fingerprint density at radius 1 is 0.275 bits per heavy atom. The van der Waals surface area contributed by atoms with Gasteiger partial charge in [0, 0.05) is 17.3 Å². The predicted octanol–water partition coefficient (Wildman–Crippen LogP) is 20.5. The van der Waals surface area contributed by atoms with Gasteiger partial charge in [-0.1, -0.05) is 116 Å². The van der Waals surface area contributed by atoms with Crippen LogP contribution in [0.4, 0.5) is 5.69 Å². The Morgan fingerprint density at radius 2 is 0.696 bits per heavy atom. The molecule has 0 atom stereocenters. The highest BCUT2D eigenvalue weighted by Crippen LogP contribution is 2.38.